The van der Waals surface area contributed by atoms with Crippen molar-refractivity contribution in [1.82, 2.24) is 10.2 Å². The maximum Gasteiger partial charge on any atom is 0.337 e. The van der Waals surface area contributed by atoms with Crippen LogP contribution in [0.15, 0.2) is 53.4 Å². The molecule has 2 aromatic carbocycles. The molecule has 0 unspecified atom stereocenters. The number of carbonyl (C=O) groups is 3. The molecule has 1 fully saturated rings. The summed E-state index contributed by atoms with van der Waals surface area (Å²) in [7, 11) is -0.974. The van der Waals surface area contributed by atoms with Crippen molar-refractivity contribution in [2.75, 3.05) is 19.1 Å². The van der Waals surface area contributed by atoms with E-state index >= 15 is 0 Å². The Morgan fingerprint density at radius 2 is 1.79 bits per heavy atom. The number of thiocarbonyl (C=S) groups is 1. The Hall–Kier alpha value is -3.35. The molecule has 33 heavy (non-hydrogen) atoms. The van der Waals surface area contributed by atoms with E-state index in [2.05, 4.69) is 10.1 Å². The van der Waals surface area contributed by atoms with Crippen LogP contribution in [0.3, 0.4) is 0 Å². The molecule has 0 aromatic heterocycles. The zero-order valence-electron chi connectivity index (χ0n) is 17.8. The molecule has 1 aliphatic heterocycles. The zero-order chi connectivity index (χ0) is 24.3. The fourth-order valence-electron chi connectivity index (χ4n) is 3.44. The van der Waals surface area contributed by atoms with Gasteiger partial charge in [-0.3, -0.25) is 9.59 Å². The van der Waals surface area contributed by atoms with Crippen molar-refractivity contribution < 1.29 is 27.5 Å². The normalized spacial score (nSPS) is 16.0. The average molecular weight is 491 g/mol. The largest absolute Gasteiger partial charge is 0.465 e. The SMILES string of the molecule is CNC(=S)N(Cc1ccc(S(N)(=O)=O)cc1)[C@@H]1CC(=O)N(c2ccc(C(=O)OC)cc2)C1=O. The Kier molecular flexibility index (Phi) is 7.10. The van der Waals surface area contributed by atoms with Gasteiger partial charge < -0.3 is 15.0 Å². The van der Waals surface area contributed by atoms with Crippen molar-refractivity contribution in [1.29, 1.82) is 0 Å². The van der Waals surface area contributed by atoms with Crippen molar-refractivity contribution in [3.05, 3.63) is 59.7 Å². The summed E-state index contributed by atoms with van der Waals surface area (Å²) in [5.74, 6) is -1.41. The summed E-state index contributed by atoms with van der Waals surface area (Å²) < 4.78 is 27.6. The standard InChI is InChI=1S/C21H22N4O6S2/c1-23-21(32)24(12-13-3-9-16(10-4-13)33(22,29)30)17-11-18(26)25(19(17)27)15-7-5-14(6-8-15)20(28)31-2/h3-10,17H,11-12H2,1-2H3,(H,23,32)(H2,22,29,30)/t17-/m1/s1. The molecule has 1 aliphatic rings. The molecule has 0 saturated carbocycles. The minimum atomic E-state index is -3.84. The van der Waals surface area contributed by atoms with Crippen LogP contribution in [-0.2, 0) is 30.9 Å². The Morgan fingerprint density at radius 1 is 1.18 bits per heavy atom. The Morgan fingerprint density at radius 3 is 2.30 bits per heavy atom. The average Bonchev–Trinajstić information content (AvgIpc) is 3.09. The van der Waals surface area contributed by atoms with Gasteiger partial charge in [0.25, 0.3) is 5.91 Å². The number of nitrogens with one attached hydrogen (secondary N) is 1. The van der Waals surface area contributed by atoms with E-state index in [1.165, 1.54) is 43.5 Å². The van der Waals surface area contributed by atoms with Crippen LogP contribution >= 0.6 is 12.2 Å². The second-order valence-electron chi connectivity index (χ2n) is 7.20. The number of amides is 2. The minimum absolute atomic E-state index is 0.0392. The monoisotopic (exact) mass is 490 g/mol. The quantitative estimate of drug-likeness (QED) is 0.341. The van der Waals surface area contributed by atoms with E-state index in [1.807, 2.05) is 0 Å². The number of rotatable bonds is 6. The number of methoxy groups -OCH3 is 1. The molecule has 10 nitrogen and oxygen atoms in total. The first-order valence-electron chi connectivity index (χ1n) is 9.72. The number of carbonyl (C=O) groups excluding carboxylic acids is 3. The van der Waals surface area contributed by atoms with Gasteiger partial charge in [0.15, 0.2) is 5.11 Å². The number of anilines is 1. The lowest BCUT2D eigenvalue weighted by molar-refractivity contribution is -0.122. The van der Waals surface area contributed by atoms with E-state index in [0.29, 0.717) is 11.3 Å². The van der Waals surface area contributed by atoms with Gasteiger partial charge in [0.1, 0.15) is 6.04 Å². The number of sulfonamides is 1. The van der Waals surface area contributed by atoms with Crippen LogP contribution < -0.4 is 15.4 Å². The maximum atomic E-state index is 13.2. The number of ether oxygens (including phenoxy) is 1. The fourth-order valence-corrected chi connectivity index (χ4v) is 4.15. The summed E-state index contributed by atoms with van der Waals surface area (Å²) in [5, 5.41) is 8.20. The first-order chi connectivity index (χ1) is 15.6. The smallest absolute Gasteiger partial charge is 0.337 e. The molecule has 2 aromatic rings. The summed E-state index contributed by atoms with van der Waals surface area (Å²) in [6.07, 6.45) is -0.103. The van der Waals surface area contributed by atoms with Gasteiger partial charge in [0, 0.05) is 13.6 Å². The van der Waals surface area contributed by atoms with Crippen LogP contribution in [0.2, 0.25) is 0 Å². The summed E-state index contributed by atoms with van der Waals surface area (Å²) >= 11 is 5.37. The van der Waals surface area contributed by atoms with E-state index < -0.39 is 33.8 Å². The minimum Gasteiger partial charge on any atom is -0.465 e. The lowest BCUT2D eigenvalue weighted by Crippen LogP contribution is -2.48. The van der Waals surface area contributed by atoms with E-state index in [-0.39, 0.29) is 28.5 Å². The van der Waals surface area contributed by atoms with Crippen molar-refractivity contribution in [2.24, 2.45) is 5.14 Å². The molecule has 174 valence electrons. The van der Waals surface area contributed by atoms with E-state index in [0.717, 1.165) is 4.90 Å². The number of esters is 1. The molecule has 2 amide bonds. The third-order valence-corrected chi connectivity index (χ3v) is 6.49. The number of primary sulfonamides is 1. The van der Waals surface area contributed by atoms with Crippen LogP contribution in [0.25, 0.3) is 0 Å². The van der Waals surface area contributed by atoms with Crippen LogP contribution in [0.1, 0.15) is 22.3 Å². The van der Waals surface area contributed by atoms with Gasteiger partial charge in [-0.1, -0.05) is 12.1 Å². The summed E-state index contributed by atoms with van der Waals surface area (Å²) in [4.78, 5) is 40.2. The van der Waals surface area contributed by atoms with Crippen LogP contribution in [-0.4, -0.2) is 56.4 Å². The molecule has 1 saturated heterocycles. The molecule has 1 heterocycles. The summed E-state index contributed by atoms with van der Waals surface area (Å²) in [5.41, 5.74) is 1.28. The maximum absolute atomic E-state index is 13.2. The fraction of sp³-hybridized carbons (Fsp3) is 0.238. The highest BCUT2D eigenvalue weighted by atomic mass is 32.2. The topological polar surface area (TPSA) is 139 Å². The van der Waals surface area contributed by atoms with E-state index in [1.54, 1.807) is 24.1 Å². The Bertz CT molecular complexity index is 1200. The Balaban J connectivity index is 1.85. The van der Waals surface area contributed by atoms with Gasteiger partial charge in [-0.2, -0.15) is 0 Å². The predicted octanol–water partition coefficient (Wildman–Crippen LogP) is 0.759. The molecule has 1 atom stereocenters. The van der Waals surface area contributed by atoms with Crippen LogP contribution in [0, 0.1) is 0 Å². The molecule has 12 heteroatoms. The molecular weight excluding hydrogens is 468 g/mol. The first kappa shape index (κ1) is 24.3. The van der Waals surface area contributed by atoms with Crippen molar-refractivity contribution >= 4 is 50.8 Å². The van der Waals surface area contributed by atoms with E-state index in [4.69, 9.17) is 17.4 Å². The molecular formula is C21H22N4O6S2. The highest BCUT2D eigenvalue weighted by Gasteiger charge is 2.43. The lowest BCUT2D eigenvalue weighted by Gasteiger charge is -2.29. The molecule has 0 radical (unpaired) electrons. The third kappa shape index (κ3) is 5.18. The van der Waals surface area contributed by atoms with Gasteiger partial charge >= 0.3 is 5.97 Å². The number of nitrogens with zero attached hydrogens (tertiary/aromatic N) is 2. The number of hydrogen-bond donors (Lipinski definition) is 2. The van der Waals surface area contributed by atoms with E-state index in [9.17, 15) is 22.8 Å². The molecule has 0 bridgehead atoms. The predicted molar refractivity (Wildman–Crippen MR) is 124 cm³/mol. The van der Waals surface area contributed by atoms with Crippen molar-refractivity contribution in [3.8, 4) is 0 Å². The molecule has 0 spiro atoms. The molecule has 3 N–H and O–H groups in total. The van der Waals surface area contributed by atoms with Gasteiger partial charge in [-0.05, 0) is 54.2 Å². The lowest BCUT2D eigenvalue weighted by atomic mass is 10.1. The van der Waals surface area contributed by atoms with Crippen LogP contribution in [0.4, 0.5) is 5.69 Å². The number of imide groups is 1. The van der Waals surface area contributed by atoms with Crippen molar-refractivity contribution in [3.63, 3.8) is 0 Å². The summed E-state index contributed by atoms with van der Waals surface area (Å²) in [6, 6.07) is 10.9. The van der Waals surface area contributed by atoms with Gasteiger partial charge in [-0.25, -0.2) is 23.3 Å². The van der Waals surface area contributed by atoms with Gasteiger partial charge in [0.05, 0.1) is 29.7 Å². The van der Waals surface area contributed by atoms with Crippen molar-refractivity contribution in [2.45, 2.75) is 23.9 Å². The number of hydrogen-bond acceptors (Lipinski definition) is 7. The number of benzene rings is 2. The highest BCUT2D eigenvalue weighted by molar-refractivity contribution is 7.89. The summed E-state index contributed by atoms with van der Waals surface area (Å²) in [6.45, 7) is 0.156. The highest BCUT2D eigenvalue weighted by Crippen LogP contribution is 2.27. The second-order valence-corrected chi connectivity index (χ2v) is 9.15. The van der Waals surface area contributed by atoms with Gasteiger partial charge in [-0.15, -0.1) is 0 Å². The first-order valence-corrected chi connectivity index (χ1v) is 11.7. The van der Waals surface area contributed by atoms with Crippen LogP contribution in [0.5, 0.6) is 0 Å². The Labute approximate surface area is 196 Å². The zero-order valence-corrected chi connectivity index (χ0v) is 19.5. The number of nitrogens with two attached hydrogens (primary N) is 1. The molecule has 3 rings (SSSR count). The van der Waals surface area contributed by atoms with Gasteiger partial charge in [0.2, 0.25) is 15.9 Å². The third-order valence-electron chi connectivity index (χ3n) is 5.13. The molecule has 0 aliphatic carbocycles. The second kappa shape index (κ2) is 9.65.